The van der Waals surface area contributed by atoms with Gasteiger partial charge in [0.05, 0.1) is 0 Å². The Labute approximate surface area is 505 Å². The summed E-state index contributed by atoms with van der Waals surface area (Å²) in [6.45, 7) is 51.1. The Morgan fingerprint density at radius 1 is 0.310 bits per heavy atom. The molecule has 12 nitrogen and oxygen atoms in total. The number of nitrogens with one attached hydrogen (secondary N) is 1. The van der Waals surface area contributed by atoms with Crippen LogP contribution >= 0.6 is 0 Å². The zero-order valence-electron chi connectivity index (χ0n) is 56.4. The van der Waals surface area contributed by atoms with Crippen LogP contribution in [0.1, 0.15) is 272 Å². The number of carbonyl (C=O) groups excluding carboxylic acids is 4. The van der Waals surface area contributed by atoms with Crippen molar-refractivity contribution in [3.05, 3.63) is 115 Å². The molecule has 0 aliphatic carbocycles. The molecule has 4 aromatic carbocycles. The molecule has 466 valence electrons. The fourth-order valence-corrected chi connectivity index (χ4v) is 10.5. The number of carbonyl (C=O) groups is 4. The first-order valence-electron chi connectivity index (χ1n) is 30.1. The van der Waals surface area contributed by atoms with E-state index in [1.165, 1.54) is 13.8 Å². The molecule has 0 saturated carbocycles. The first-order chi connectivity index (χ1) is 37.7. The summed E-state index contributed by atoms with van der Waals surface area (Å²) in [5.74, 6) is -5.39. The van der Waals surface area contributed by atoms with E-state index in [4.69, 9.17) is 14.2 Å². The highest BCUT2D eigenvalue weighted by Crippen LogP contribution is 2.45. The maximum absolute atomic E-state index is 14.8. The Balaban J connectivity index is 1.92. The third-order valence-corrected chi connectivity index (χ3v) is 15.6. The lowest BCUT2D eigenvalue weighted by Crippen LogP contribution is -2.66. The quantitative estimate of drug-likeness (QED) is 0.0500. The topological polar surface area (TPSA) is 189 Å². The van der Waals surface area contributed by atoms with Crippen molar-refractivity contribution < 1.29 is 53.8 Å². The molecule has 1 amide bonds. The van der Waals surface area contributed by atoms with Crippen LogP contribution in [0.15, 0.2) is 48.5 Å². The molecule has 0 heterocycles. The summed E-state index contributed by atoms with van der Waals surface area (Å²) in [5.41, 5.74) is 3.12. The van der Waals surface area contributed by atoms with Crippen LogP contribution in [0.4, 0.5) is 0 Å². The van der Waals surface area contributed by atoms with Crippen LogP contribution in [0.5, 0.6) is 23.0 Å². The maximum atomic E-state index is 14.8. The Kier molecular flexibility index (Phi) is 20.8. The lowest BCUT2D eigenvalue weighted by atomic mass is 9.78. The second-order valence-corrected chi connectivity index (χ2v) is 32.3. The molecule has 0 radical (unpaired) electrons. The molecule has 0 aliphatic heterocycles. The average molecular weight is 1160 g/mol. The van der Waals surface area contributed by atoms with Crippen molar-refractivity contribution in [2.75, 3.05) is 0 Å². The molecule has 0 aliphatic rings. The van der Waals surface area contributed by atoms with E-state index in [1.807, 2.05) is 215 Å². The van der Waals surface area contributed by atoms with E-state index in [2.05, 4.69) is 5.32 Å². The molecule has 12 heteroatoms. The summed E-state index contributed by atoms with van der Waals surface area (Å²) < 4.78 is 19.1. The fourth-order valence-electron chi connectivity index (χ4n) is 10.5. The predicted molar refractivity (Wildman–Crippen MR) is 339 cm³/mol. The highest BCUT2D eigenvalue weighted by Gasteiger charge is 2.58. The Morgan fingerprint density at radius 2 is 0.476 bits per heavy atom. The van der Waals surface area contributed by atoms with Crippen LogP contribution in [0.2, 0.25) is 0 Å². The van der Waals surface area contributed by atoms with Gasteiger partial charge in [0.1, 0.15) is 23.0 Å². The SMILES string of the molecule is CC(C)(C)c1cc(CCC(=O)NC(C)(C)C(OC(=O)CCc2cc(C(C)(C)C)c(O)c(C(C)(C)C)c2)(OC(=O)CCc2cc(C(C)(C)C)c(O)c(C(C)(C)C)c2)OC(=O)CCc2cc(C(C)(C)C)c(O)c(C(C)(C)C)c2)cc(C(C)(C)C)c1O. The standard InChI is InChI=1S/C72H107NO11/c1-63(2,3)47-35-43(36-48(59(47)78)64(4,5)6)27-31-55(74)73-71(25,26)72(82-56(75)32-28-44-37-49(65(7,8)9)60(79)50(38-44)66(10,11)12,83-57(76)33-29-45-39-51(67(13,14)15)61(80)52(40-45)68(16,17)18)84-58(77)34-30-46-41-53(69(19,20)21)62(81)54(42-46)70(22,23)24/h35-42,78-81H,27-34H2,1-26H3,(H,73,74). The van der Waals surface area contributed by atoms with Crippen molar-refractivity contribution in [1.82, 2.24) is 5.32 Å². The maximum Gasteiger partial charge on any atom is 0.447 e. The Bertz CT molecular complexity index is 2680. The van der Waals surface area contributed by atoms with Crippen molar-refractivity contribution in [2.24, 2.45) is 0 Å². The van der Waals surface area contributed by atoms with Gasteiger partial charge in [0.15, 0.2) is 5.54 Å². The van der Waals surface area contributed by atoms with Crippen LogP contribution in [0.25, 0.3) is 0 Å². The zero-order valence-corrected chi connectivity index (χ0v) is 56.4. The highest BCUT2D eigenvalue weighted by molar-refractivity contribution is 5.79. The number of hydrogen-bond donors (Lipinski definition) is 5. The van der Waals surface area contributed by atoms with Gasteiger partial charge in [0.2, 0.25) is 5.91 Å². The van der Waals surface area contributed by atoms with Crippen LogP contribution in [0.3, 0.4) is 0 Å². The zero-order chi connectivity index (χ0) is 64.7. The van der Waals surface area contributed by atoms with Crippen LogP contribution in [-0.2, 0) is 102 Å². The van der Waals surface area contributed by atoms with E-state index in [9.17, 15) is 39.6 Å². The lowest BCUT2D eigenvalue weighted by Gasteiger charge is -2.42. The van der Waals surface area contributed by atoms with E-state index in [0.717, 1.165) is 33.4 Å². The van der Waals surface area contributed by atoms with E-state index < -0.39 is 78.6 Å². The van der Waals surface area contributed by atoms with Gasteiger partial charge in [-0.05, 0) is 150 Å². The largest absolute Gasteiger partial charge is 0.507 e. The molecule has 4 aromatic rings. The number of aryl methyl sites for hydroxylation is 4. The monoisotopic (exact) mass is 1160 g/mol. The van der Waals surface area contributed by atoms with E-state index in [1.54, 1.807) is 0 Å². The normalized spacial score (nSPS) is 13.4. The van der Waals surface area contributed by atoms with Gasteiger partial charge in [-0.2, -0.15) is 0 Å². The third kappa shape index (κ3) is 17.8. The van der Waals surface area contributed by atoms with E-state index >= 15 is 0 Å². The number of phenols is 4. The Morgan fingerprint density at radius 3 is 0.643 bits per heavy atom. The fraction of sp³-hybridized carbons (Fsp3) is 0.611. The Hall–Kier alpha value is -6.04. The molecular formula is C72H107NO11. The highest BCUT2D eigenvalue weighted by atomic mass is 16.9. The average Bonchev–Trinajstić information content (AvgIpc) is 1.48. The van der Waals surface area contributed by atoms with Gasteiger partial charge in [-0.15, -0.1) is 0 Å². The second-order valence-electron chi connectivity index (χ2n) is 32.3. The summed E-state index contributed by atoms with van der Waals surface area (Å²) >= 11 is 0. The van der Waals surface area contributed by atoms with Gasteiger partial charge in [0, 0.05) is 25.7 Å². The molecule has 0 atom stereocenters. The smallest absolute Gasteiger partial charge is 0.447 e. The minimum Gasteiger partial charge on any atom is -0.507 e. The number of ether oxygens (including phenoxy) is 3. The molecule has 0 saturated heterocycles. The van der Waals surface area contributed by atoms with Gasteiger partial charge in [-0.1, -0.05) is 215 Å². The third-order valence-electron chi connectivity index (χ3n) is 15.6. The van der Waals surface area contributed by atoms with E-state index in [-0.39, 0.29) is 74.4 Å². The molecule has 0 fully saturated rings. The summed E-state index contributed by atoms with van der Waals surface area (Å²) in [5, 5.41) is 49.1. The molecular weight excluding hydrogens is 1050 g/mol. The van der Waals surface area contributed by atoms with Crippen LogP contribution < -0.4 is 5.32 Å². The predicted octanol–water partition coefficient (Wildman–Crippen LogP) is 15.9. The van der Waals surface area contributed by atoms with Crippen LogP contribution in [0, 0.1) is 0 Å². The molecule has 4 rings (SSSR count). The summed E-state index contributed by atoms with van der Waals surface area (Å²) in [7, 11) is 0. The first-order valence-corrected chi connectivity index (χ1v) is 30.1. The molecule has 5 N–H and O–H groups in total. The molecule has 0 aromatic heterocycles. The van der Waals surface area contributed by atoms with Gasteiger partial charge >= 0.3 is 23.9 Å². The minimum atomic E-state index is -2.89. The van der Waals surface area contributed by atoms with Crippen molar-refractivity contribution in [2.45, 2.75) is 286 Å². The second kappa shape index (κ2) is 24.7. The minimum absolute atomic E-state index is 0.0967. The van der Waals surface area contributed by atoms with E-state index in [0.29, 0.717) is 33.4 Å². The number of aromatic hydroxyl groups is 4. The lowest BCUT2D eigenvalue weighted by molar-refractivity contribution is -0.357. The van der Waals surface area contributed by atoms with Crippen molar-refractivity contribution in [3.8, 4) is 23.0 Å². The number of benzene rings is 4. The molecule has 0 bridgehead atoms. The van der Waals surface area contributed by atoms with Crippen molar-refractivity contribution in [1.29, 1.82) is 0 Å². The molecule has 84 heavy (non-hydrogen) atoms. The molecule has 0 unspecified atom stereocenters. The summed E-state index contributed by atoms with van der Waals surface area (Å²) in [6.07, 6.45) is -0.363. The van der Waals surface area contributed by atoms with Gasteiger partial charge in [0.25, 0.3) is 0 Å². The van der Waals surface area contributed by atoms with Gasteiger partial charge < -0.3 is 40.0 Å². The number of amides is 1. The van der Waals surface area contributed by atoms with Crippen LogP contribution in [-0.4, -0.2) is 55.8 Å². The summed E-state index contributed by atoms with van der Waals surface area (Å²) in [4.78, 5) is 59.1. The van der Waals surface area contributed by atoms with Crippen molar-refractivity contribution in [3.63, 3.8) is 0 Å². The van der Waals surface area contributed by atoms with Crippen molar-refractivity contribution >= 4 is 23.8 Å². The summed E-state index contributed by atoms with van der Waals surface area (Å²) in [6, 6.07) is 15.1. The molecule has 0 spiro atoms. The number of esters is 3. The number of rotatable bonds is 17. The number of phenolic OH excluding ortho intramolecular Hbond substituents is 4. The first kappa shape index (κ1) is 70.4. The van der Waals surface area contributed by atoms with Gasteiger partial charge in [-0.3, -0.25) is 19.2 Å². The van der Waals surface area contributed by atoms with Gasteiger partial charge in [-0.25, -0.2) is 0 Å². The number of hydrogen-bond acceptors (Lipinski definition) is 11.